The predicted octanol–water partition coefficient (Wildman–Crippen LogP) is 4.44. The molecule has 0 aliphatic heterocycles. The highest BCUT2D eigenvalue weighted by Crippen LogP contribution is 2.36. The second-order valence-corrected chi connectivity index (χ2v) is 4.49. The van der Waals surface area contributed by atoms with E-state index >= 15 is 0 Å². The minimum Gasteiger partial charge on any atom is -0.457 e. The van der Waals surface area contributed by atoms with Gasteiger partial charge in [-0.05, 0) is 36.2 Å². The Bertz CT molecular complexity index is 651. The molecule has 112 valence electrons. The molecule has 0 atom stereocenters. The van der Waals surface area contributed by atoms with E-state index in [1.165, 1.54) is 18.2 Å². The lowest BCUT2D eigenvalue weighted by Crippen LogP contribution is -2.09. The maximum absolute atomic E-state index is 13.1. The SMILES string of the molecule is Cc1ccc(F)cc1Oc1ccc(CO)c(C(F)(F)F)c1. The van der Waals surface area contributed by atoms with Crippen molar-refractivity contribution in [2.75, 3.05) is 0 Å². The fraction of sp³-hybridized carbons (Fsp3) is 0.200. The van der Waals surface area contributed by atoms with E-state index in [1.54, 1.807) is 6.92 Å². The van der Waals surface area contributed by atoms with Gasteiger partial charge in [-0.1, -0.05) is 12.1 Å². The Hall–Kier alpha value is -2.08. The Morgan fingerprint density at radius 2 is 1.81 bits per heavy atom. The molecule has 0 spiro atoms. The van der Waals surface area contributed by atoms with Crippen molar-refractivity contribution in [1.82, 2.24) is 0 Å². The first-order valence-electron chi connectivity index (χ1n) is 6.06. The van der Waals surface area contributed by atoms with Crippen LogP contribution in [0.3, 0.4) is 0 Å². The fourth-order valence-corrected chi connectivity index (χ4v) is 1.83. The number of hydrogen-bond acceptors (Lipinski definition) is 2. The summed E-state index contributed by atoms with van der Waals surface area (Å²) < 4.78 is 57.1. The smallest absolute Gasteiger partial charge is 0.416 e. The second kappa shape index (κ2) is 5.73. The monoisotopic (exact) mass is 300 g/mol. The van der Waals surface area contributed by atoms with Crippen LogP contribution in [0.4, 0.5) is 17.6 Å². The molecule has 0 bridgehead atoms. The maximum Gasteiger partial charge on any atom is 0.416 e. The van der Waals surface area contributed by atoms with Crippen LogP contribution in [0.5, 0.6) is 11.5 Å². The molecule has 0 saturated heterocycles. The number of hydrogen-bond donors (Lipinski definition) is 1. The van der Waals surface area contributed by atoms with E-state index in [4.69, 9.17) is 9.84 Å². The van der Waals surface area contributed by atoms with E-state index in [0.717, 1.165) is 18.2 Å². The zero-order chi connectivity index (χ0) is 15.6. The fourth-order valence-electron chi connectivity index (χ4n) is 1.83. The van der Waals surface area contributed by atoms with Gasteiger partial charge in [0, 0.05) is 6.07 Å². The lowest BCUT2D eigenvalue weighted by molar-refractivity contribution is -0.138. The third-order valence-electron chi connectivity index (χ3n) is 2.94. The van der Waals surface area contributed by atoms with Crippen molar-refractivity contribution in [2.45, 2.75) is 19.7 Å². The van der Waals surface area contributed by atoms with Crippen LogP contribution in [0.2, 0.25) is 0 Å². The van der Waals surface area contributed by atoms with E-state index in [9.17, 15) is 17.6 Å². The molecule has 2 aromatic carbocycles. The zero-order valence-electron chi connectivity index (χ0n) is 11.0. The number of alkyl halides is 3. The Kier molecular flexibility index (Phi) is 4.18. The quantitative estimate of drug-likeness (QED) is 0.849. The third kappa shape index (κ3) is 3.52. The number of aryl methyl sites for hydroxylation is 1. The molecule has 0 unspecified atom stereocenters. The van der Waals surface area contributed by atoms with Crippen LogP contribution >= 0.6 is 0 Å². The lowest BCUT2D eigenvalue weighted by atomic mass is 10.1. The molecule has 0 radical (unpaired) electrons. The Balaban J connectivity index is 2.39. The minimum atomic E-state index is -4.60. The molecule has 2 rings (SSSR count). The average Bonchev–Trinajstić information content (AvgIpc) is 2.42. The number of aliphatic hydroxyl groups excluding tert-OH is 1. The Morgan fingerprint density at radius 1 is 1.10 bits per heavy atom. The summed E-state index contributed by atoms with van der Waals surface area (Å²) in [5.41, 5.74) is -0.626. The molecule has 2 nitrogen and oxygen atoms in total. The highest BCUT2D eigenvalue weighted by atomic mass is 19.4. The number of ether oxygens (including phenoxy) is 1. The van der Waals surface area contributed by atoms with Crippen molar-refractivity contribution in [3.05, 3.63) is 58.9 Å². The van der Waals surface area contributed by atoms with Crippen molar-refractivity contribution in [3.8, 4) is 11.5 Å². The van der Waals surface area contributed by atoms with Crippen LogP contribution < -0.4 is 4.74 Å². The minimum absolute atomic E-state index is 0.0757. The molecule has 0 heterocycles. The highest BCUT2D eigenvalue weighted by Gasteiger charge is 2.33. The number of rotatable bonds is 3. The van der Waals surface area contributed by atoms with Crippen LogP contribution in [0, 0.1) is 12.7 Å². The van der Waals surface area contributed by atoms with E-state index in [1.807, 2.05) is 0 Å². The molecule has 0 aliphatic rings. The van der Waals surface area contributed by atoms with Crippen LogP contribution in [0.25, 0.3) is 0 Å². The predicted molar refractivity (Wildman–Crippen MR) is 68.6 cm³/mol. The van der Waals surface area contributed by atoms with Crippen molar-refractivity contribution >= 4 is 0 Å². The summed E-state index contributed by atoms with van der Waals surface area (Å²) >= 11 is 0. The Morgan fingerprint density at radius 3 is 2.43 bits per heavy atom. The molecule has 6 heteroatoms. The summed E-state index contributed by atoms with van der Waals surface area (Å²) in [6.07, 6.45) is -4.60. The summed E-state index contributed by atoms with van der Waals surface area (Å²) in [6, 6.07) is 7.02. The standard InChI is InChI=1S/C15H12F4O2/c1-9-2-4-11(16)6-14(9)21-12-5-3-10(8-20)13(7-12)15(17,18)19/h2-7,20H,8H2,1H3. The molecule has 0 saturated carbocycles. The van der Waals surface area contributed by atoms with Gasteiger partial charge in [0.15, 0.2) is 0 Å². The first-order chi connectivity index (χ1) is 9.81. The molecule has 0 aliphatic carbocycles. The van der Waals surface area contributed by atoms with Crippen LogP contribution in [-0.2, 0) is 12.8 Å². The summed E-state index contributed by atoms with van der Waals surface area (Å²) in [5.74, 6) is -0.480. The van der Waals surface area contributed by atoms with Gasteiger partial charge in [-0.25, -0.2) is 4.39 Å². The second-order valence-electron chi connectivity index (χ2n) is 4.49. The molecule has 2 aromatic rings. The van der Waals surface area contributed by atoms with Gasteiger partial charge in [0.1, 0.15) is 17.3 Å². The highest BCUT2D eigenvalue weighted by molar-refractivity contribution is 5.42. The van der Waals surface area contributed by atoms with Gasteiger partial charge in [-0.2, -0.15) is 13.2 Å². The molecular weight excluding hydrogens is 288 g/mol. The summed E-state index contributed by atoms with van der Waals surface area (Å²) in [7, 11) is 0. The largest absolute Gasteiger partial charge is 0.457 e. The van der Waals surface area contributed by atoms with Crippen molar-refractivity contribution in [3.63, 3.8) is 0 Å². The normalized spacial score (nSPS) is 11.5. The van der Waals surface area contributed by atoms with E-state index in [0.29, 0.717) is 5.56 Å². The van der Waals surface area contributed by atoms with Gasteiger partial charge in [-0.15, -0.1) is 0 Å². The molecule has 0 amide bonds. The molecule has 0 fully saturated rings. The first kappa shape index (κ1) is 15.3. The summed E-state index contributed by atoms with van der Waals surface area (Å²) in [4.78, 5) is 0. The van der Waals surface area contributed by atoms with Gasteiger partial charge in [0.25, 0.3) is 0 Å². The van der Waals surface area contributed by atoms with Gasteiger partial charge in [-0.3, -0.25) is 0 Å². The third-order valence-corrected chi connectivity index (χ3v) is 2.94. The van der Waals surface area contributed by atoms with Crippen molar-refractivity contribution < 1.29 is 27.4 Å². The molecule has 1 N–H and O–H groups in total. The van der Waals surface area contributed by atoms with E-state index in [2.05, 4.69) is 0 Å². The van der Waals surface area contributed by atoms with Crippen LogP contribution in [0.15, 0.2) is 36.4 Å². The van der Waals surface area contributed by atoms with Gasteiger partial charge < -0.3 is 9.84 Å². The van der Waals surface area contributed by atoms with Crippen LogP contribution in [-0.4, -0.2) is 5.11 Å². The van der Waals surface area contributed by atoms with Crippen molar-refractivity contribution in [1.29, 1.82) is 0 Å². The summed E-state index contributed by atoms with van der Waals surface area (Å²) in [5, 5.41) is 8.95. The van der Waals surface area contributed by atoms with Crippen LogP contribution in [0.1, 0.15) is 16.7 Å². The van der Waals surface area contributed by atoms with Crippen molar-refractivity contribution in [2.24, 2.45) is 0 Å². The average molecular weight is 300 g/mol. The summed E-state index contributed by atoms with van der Waals surface area (Å²) in [6.45, 7) is 0.926. The van der Waals surface area contributed by atoms with Gasteiger partial charge >= 0.3 is 6.18 Å². The Labute approximate surface area is 118 Å². The zero-order valence-corrected chi connectivity index (χ0v) is 11.0. The number of halogens is 4. The number of aliphatic hydroxyl groups is 1. The lowest BCUT2D eigenvalue weighted by Gasteiger charge is -2.14. The first-order valence-corrected chi connectivity index (χ1v) is 6.06. The van der Waals surface area contributed by atoms with Gasteiger partial charge in [0.05, 0.1) is 12.2 Å². The molecule has 0 aromatic heterocycles. The topological polar surface area (TPSA) is 29.5 Å². The van der Waals surface area contributed by atoms with Gasteiger partial charge in [0.2, 0.25) is 0 Å². The van der Waals surface area contributed by atoms with E-state index in [-0.39, 0.29) is 17.1 Å². The molecule has 21 heavy (non-hydrogen) atoms. The maximum atomic E-state index is 13.1. The molecular formula is C15H12F4O2. The van der Waals surface area contributed by atoms with E-state index < -0.39 is 24.2 Å². The number of benzene rings is 2.